The van der Waals surface area contributed by atoms with Crippen molar-refractivity contribution in [3.8, 4) is 11.5 Å². The summed E-state index contributed by atoms with van der Waals surface area (Å²) in [5.41, 5.74) is 4.87. The van der Waals surface area contributed by atoms with Gasteiger partial charge in [0.2, 0.25) is 0 Å². The van der Waals surface area contributed by atoms with Crippen LogP contribution in [0.25, 0.3) is 21.8 Å². The molecule has 0 atom stereocenters. The first-order chi connectivity index (χ1) is 12.9. The highest BCUT2D eigenvalue weighted by Crippen LogP contribution is 2.35. The molecule has 2 heterocycles. The van der Waals surface area contributed by atoms with Crippen molar-refractivity contribution in [1.29, 1.82) is 0 Å². The van der Waals surface area contributed by atoms with Crippen molar-refractivity contribution in [2.24, 2.45) is 0 Å². The zero-order valence-corrected chi connectivity index (χ0v) is 16.3. The van der Waals surface area contributed by atoms with Gasteiger partial charge in [0.25, 0.3) is 0 Å². The minimum atomic E-state index is 0.0752. The predicted octanol–water partition coefficient (Wildman–Crippen LogP) is 5.17. The molecule has 0 aliphatic carbocycles. The number of aryl methyl sites for hydroxylation is 1. The van der Waals surface area contributed by atoms with E-state index < -0.39 is 0 Å². The van der Waals surface area contributed by atoms with Crippen molar-refractivity contribution < 1.29 is 14.3 Å². The Labute approximate surface area is 158 Å². The van der Waals surface area contributed by atoms with Crippen LogP contribution in [-0.4, -0.2) is 30.0 Å². The first-order valence-electron chi connectivity index (χ1n) is 8.74. The lowest BCUT2D eigenvalue weighted by Crippen LogP contribution is -1.93. The van der Waals surface area contributed by atoms with Crippen LogP contribution in [0.3, 0.4) is 0 Å². The van der Waals surface area contributed by atoms with Crippen molar-refractivity contribution >= 4 is 27.6 Å². The number of aromatic amines is 2. The average Bonchev–Trinajstić information content (AvgIpc) is 3.24. The summed E-state index contributed by atoms with van der Waals surface area (Å²) in [6.45, 7) is 5.58. The standard InChI is InChI=1S/C12H15NO2.C10H9NO/c1-7-5-9-6-10(14-3)8(2)12(15-4)11(9)13-7;1-7(12)10-6-8-4-2-3-5-9(8)11-10/h5-6,13H,1-4H3;2-6,11H,1H3. The zero-order chi connectivity index (χ0) is 19.6. The third kappa shape index (κ3) is 3.67. The second-order valence-electron chi connectivity index (χ2n) is 6.48. The van der Waals surface area contributed by atoms with Crippen LogP contribution in [0, 0.1) is 13.8 Å². The van der Waals surface area contributed by atoms with Crippen LogP contribution in [0.15, 0.2) is 42.5 Å². The second-order valence-corrected chi connectivity index (χ2v) is 6.48. The summed E-state index contributed by atoms with van der Waals surface area (Å²) in [6, 6.07) is 13.8. The van der Waals surface area contributed by atoms with Crippen LogP contribution in [-0.2, 0) is 0 Å². The number of fused-ring (bicyclic) bond motifs is 2. The van der Waals surface area contributed by atoms with Gasteiger partial charge in [0.05, 0.1) is 25.4 Å². The highest BCUT2D eigenvalue weighted by Gasteiger charge is 2.12. The topological polar surface area (TPSA) is 67.1 Å². The van der Waals surface area contributed by atoms with Gasteiger partial charge in [-0.1, -0.05) is 18.2 Å². The van der Waals surface area contributed by atoms with Gasteiger partial charge in [-0.25, -0.2) is 0 Å². The molecule has 140 valence electrons. The first kappa shape index (κ1) is 18.6. The number of H-pyrrole nitrogens is 2. The van der Waals surface area contributed by atoms with Gasteiger partial charge in [0.1, 0.15) is 11.5 Å². The lowest BCUT2D eigenvalue weighted by Gasteiger charge is -2.10. The van der Waals surface area contributed by atoms with Crippen molar-refractivity contribution in [3.05, 3.63) is 59.4 Å². The van der Waals surface area contributed by atoms with Gasteiger partial charge in [0, 0.05) is 34.5 Å². The molecule has 2 aromatic carbocycles. The third-order valence-electron chi connectivity index (χ3n) is 4.54. The molecule has 5 heteroatoms. The molecule has 0 saturated heterocycles. The van der Waals surface area contributed by atoms with E-state index in [1.54, 1.807) is 21.1 Å². The minimum absolute atomic E-state index is 0.0752. The average molecular weight is 364 g/mol. The molecule has 4 aromatic rings. The number of benzene rings is 2. The van der Waals surface area contributed by atoms with E-state index in [9.17, 15) is 4.79 Å². The van der Waals surface area contributed by atoms with E-state index in [0.717, 1.165) is 44.6 Å². The highest BCUT2D eigenvalue weighted by atomic mass is 16.5. The van der Waals surface area contributed by atoms with Crippen molar-refractivity contribution in [2.75, 3.05) is 14.2 Å². The largest absolute Gasteiger partial charge is 0.496 e. The fraction of sp³-hybridized carbons (Fsp3) is 0.227. The number of hydrogen-bond donors (Lipinski definition) is 2. The van der Waals surface area contributed by atoms with Gasteiger partial charge in [0.15, 0.2) is 5.78 Å². The van der Waals surface area contributed by atoms with Crippen molar-refractivity contribution in [3.63, 3.8) is 0 Å². The van der Waals surface area contributed by atoms with Gasteiger partial charge < -0.3 is 19.4 Å². The number of hydrogen-bond acceptors (Lipinski definition) is 3. The molecule has 5 nitrogen and oxygen atoms in total. The lowest BCUT2D eigenvalue weighted by molar-refractivity contribution is 0.101. The summed E-state index contributed by atoms with van der Waals surface area (Å²) >= 11 is 0. The molecule has 0 fully saturated rings. The molecular weight excluding hydrogens is 340 g/mol. The number of para-hydroxylation sites is 1. The van der Waals surface area contributed by atoms with E-state index in [1.165, 1.54) is 0 Å². The number of nitrogens with one attached hydrogen (secondary N) is 2. The molecule has 4 rings (SSSR count). The SMILES string of the molecule is CC(=O)c1cc2ccccc2[nH]1.COc1cc2cc(C)[nH]c2c(OC)c1C. The Bertz CT molecular complexity index is 1070. The Balaban J connectivity index is 0.000000159. The molecule has 0 saturated carbocycles. The van der Waals surface area contributed by atoms with E-state index in [0.29, 0.717) is 5.69 Å². The molecule has 2 N–H and O–H groups in total. The number of carbonyl (C=O) groups excluding carboxylic acids is 1. The van der Waals surface area contributed by atoms with Crippen LogP contribution in [0.2, 0.25) is 0 Å². The molecule has 0 aliphatic rings. The molecule has 0 unspecified atom stereocenters. The number of ketones is 1. The maximum absolute atomic E-state index is 11.0. The van der Waals surface area contributed by atoms with Crippen LogP contribution < -0.4 is 9.47 Å². The van der Waals surface area contributed by atoms with Crippen LogP contribution in [0.4, 0.5) is 0 Å². The Hall–Kier alpha value is -3.21. The van der Waals surface area contributed by atoms with Crippen LogP contribution >= 0.6 is 0 Å². The Morgan fingerprint density at radius 1 is 0.926 bits per heavy atom. The normalized spacial score (nSPS) is 10.6. The molecule has 0 bridgehead atoms. The third-order valence-corrected chi connectivity index (χ3v) is 4.54. The summed E-state index contributed by atoms with van der Waals surface area (Å²) in [6.07, 6.45) is 0. The molecular formula is C22H24N2O3. The molecule has 0 amide bonds. The Kier molecular flexibility index (Phi) is 5.21. The fourth-order valence-electron chi connectivity index (χ4n) is 3.19. The van der Waals surface area contributed by atoms with Gasteiger partial charge >= 0.3 is 0 Å². The van der Waals surface area contributed by atoms with Gasteiger partial charge in [-0.15, -0.1) is 0 Å². The zero-order valence-electron chi connectivity index (χ0n) is 16.3. The van der Waals surface area contributed by atoms with E-state index in [-0.39, 0.29) is 5.78 Å². The number of ether oxygens (including phenoxy) is 2. The van der Waals surface area contributed by atoms with Crippen LogP contribution in [0.1, 0.15) is 28.7 Å². The quantitative estimate of drug-likeness (QED) is 0.493. The molecule has 27 heavy (non-hydrogen) atoms. The molecule has 2 aromatic heterocycles. The monoisotopic (exact) mass is 364 g/mol. The van der Waals surface area contributed by atoms with Crippen LogP contribution in [0.5, 0.6) is 11.5 Å². The number of carbonyl (C=O) groups is 1. The number of aromatic nitrogens is 2. The second kappa shape index (κ2) is 7.58. The lowest BCUT2D eigenvalue weighted by atomic mass is 10.1. The maximum atomic E-state index is 11.0. The minimum Gasteiger partial charge on any atom is -0.496 e. The summed E-state index contributed by atoms with van der Waals surface area (Å²) < 4.78 is 10.7. The van der Waals surface area contributed by atoms with Gasteiger partial charge in [-0.2, -0.15) is 0 Å². The summed E-state index contributed by atoms with van der Waals surface area (Å²) in [5, 5.41) is 2.20. The number of rotatable bonds is 3. The number of Topliss-reactive ketones (excluding diaryl/α,β-unsaturated/α-hetero) is 1. The summed E-state index contributed by atoms with van der Waals surface area (Å²) in [7, 11) is 3.35. The first-order valence-corrected chi connectivity index (χ1v) is 8.74. The number of methoxy groups -OCH3 is 2. The van der Waals surface area contributed by atoms with Gasteiger partial charge in [-0.3, -0.25) is 4.79 Å². The summed E-state index contributed by atoms with van der Waals surface area (Å²) in [4.78, 5) is 17.3. The van der Waals surface area contributed by atoms with E-state index in [2.05, 4.69) is 16.0 Å². The Morgan fingerprint density at radius 3 is 2.30 bits per heavy atom. The maximum Gasteiger partial charge on any atom is 0.175 e. The van der Waals surface area contributed by atoms with E-state index in [4.69, 9.17) is 9.47 Å². The van der Waals surface area contributed by atoms with Crippen molar-refractivity contribution in [2.45, 2.75) is 20.8 Å². The van der Waals surface area contributed by atoms with E-state index in [1.807, 2.05) is 50.2 Å². The molecule has 0 spiro atoms. The van der Waals surface area contributed by atoms with Crippen molar-refractivity contribution in [1.82, 2.24) is 9.97 Å². The fourth-order valence-corrected chi connectivity index (χ4v) is 3.19. The van der Waals surface area contributed by atoms with E-state index >= 15 is 0 Å². The smallest absolute Gasteiger partial charge is 0.175 e. The predicted molar refractivity (Wildman–Crippen MR) is 109 cm³/mol. The summed E-state index contributed by atoms with van der Waals surface area (Å²) in [5.74, 6) is 1.79. The molecule has 0 aliphatic heterocycles. The molecule has 0 radical (unpaired) electrons. The highest BCUT2D eigenvalue weighted by molar-refractivity contribution is 5.97. The Morgan fingerprint density at radius 2 is 1.67 bits per heavy atom. The van der Waals surface area contributed by atoms with Gasteiger partial charge in [-0.05, 0) is 38.1 Å².